The average molecular weight is 307 g/mol. The summed E-state index contributed by atoms with van der Waals surface area (Å²) in [7, 11) is 0. The fourth-order valence-corrected chi connectivity index (χ4v) is 2.83. The fourth-order valence-electron chi connectivity index (χ4n) is 2.83. The standard InChI is InChI=1S/C15H13N7O/c1-10-8-18-22(19-10)12-6-14-13(2-4-17-21(14)9-12)20-5-3-11(7-16)15(20)23/h2,4,6,8-9,11H,3,5H2,1H3. The predicted octanol–water partition coefficient (Wildman–Crippen LogP) is 1.10. The van der Waals surface area contributed by atoms with E-state index in [1.54, 1.807) is 34.1 Å². The highest BCUT2D eigenvalue weighted by Gasteiger charge is 2.33. The number of amides is 1. The van der Waals surface area contributed by atoms with Gasteiger partial charge in [0, 0.05) is 12.7 Å². The quantitative estimate of drug-likeness (QED) is 0.707. The third kappa shape index (κ3) is 2.05. The van der Waals surface area contributed by atoms with E-state index in [9.17, 15) is 4.79 Å². The third-order valence-electron chi connectivity index (χ3n) is 3.96. The molecule has 8 heteroatoms. The van der Waals surface area contributed by atoms with E-state index in [4.69, 9.17) is 5.26 Å². The lowest BCUT2D eigenvalue weighted by Crippen LogP contribution is -2.27. The fraction of sp³-hybridized carbons (Fsp3) is 0.267. The zero-order chi connectivity index (χ0) is 16.0. The second kappa shape index (κ2) is 4.91. The van der Waals surface area contributed by atoms with Gasteiger partial charge in [-0.3, -0.25) is 4.79 Å². The predicted molar refractivity (Wildman–Crippen MR) is 80.9 cm³/mol. The Morgan fingerprint density at radius 2 is 2.26 bits per heavy atom. The van der Waals surface area contributed by atoms with Crippen molar-refractivity contribution in [2.45, 2.75) is 13.3 Å². The number of nitriles is 1. The zero-order valence-corrected chi connectivity index (χ0v) is 12.4. The van der Waals surface area contributed by atoms with E-state index in [0.29, 0.717) is 13.0 Å². The Bertz CT molecular complexity index is 948. The minimum Gasteiger partial charge on any atom is -0.309 e. The SMILES string of the molecule is Cc1cnn(-c2cc3c(N4CCC(C#N)C4=O)ccnn3c2)n1. The van der Waals surface area contributed by atoms with E-state index >= 15 is 0 Å². The van der Waals surface area contributed by atoms with Gasteiger partial charge in [-0.15, -0.1) is 4.80 Å². The van der Waals surface area contributed by atoms with Crippen LogP contribution in [0.1, 0.15) is 12.1 Å². The summed E-state index contributed by atoms with van der Waals surface area (Å²) in [6.07, 6.45) is 5.68. The van der Waals surface area contributed by atoms with Gasteiger partial charge in [-0.25, -0.2) is 4.52 Å². The van der Waals surface area contributed by atoms with Crippen LogP contribution < -0.4 is 4.90 Å². The molecule has 0 aromatic carbocycles. The number of rotatable bonds is 2. The van der Waals surface area contributed by atoms with E-state index < -0.39 is 5.92 Å². The first-order valence-electron chi connectivity index (χ1n) is 7.25. The smallest absolute Gasteiger partial charge is 0.244 e. The number of aromatic nitrogens is 5. The monoisotopic (exact) mass is 307 g/mol. The van der Waals surface area contributed by atoms with Crippen molar-refractivity contribution in [1.29, 1.82) is 5.26 Å². The number of nitrogens with zero attached hydrogens (tertiary/aromatic N) is 7. The van der Waals surface area contributed by atoms with Crippen LogP contribution in [0, 0.1) is 24.2 Å². The molecular weight excluding hydrogens is 294 g/mol. The molecule has 0 radical (unpaired) electrons. The zero-order valence-electron chi connectivity index (χ0n) is 12.4. The summed E-state index contributed by atoms with van der Waals surface area (Å²) >= 11 is 0. The Morgan fingerprint density at radius 1 is 1.39 bits per heavy atom. The van der Waals surface area contributed by atoms with Crippen LogP contribution >= 0.6 is 0 Å². The second-order valence-electron chi connectivity index (χ2n) is 5.48. The van der Waals surface area contributed by atoms with E-state index in [1.807, 2.05) is 13.0 Å². The molecule has 1 amide bonds. The topological polar surface area (TPSA) is 92.1 Å². The van der Waals surface area contributed by atoms with E-state index in [-0.39, 0.29) is 5.91 Å². The Morgan fingerprint density at radius 3 is 2.96 bits per heavy atom. The summed E-state index contributed by atoms with van der Waals surface area (Å²) in [4.78, 5) is 15.5. The molecule has 1 atom stereocenters. The van der Waals surface area contributed by atoms with Gasteiger partial charge < -0.3 is 4.90 Å². The highest BCUT2D eigenvalue weighted by molar-refractivity contribution is 6.02. The first-order chi connectivity index (χ1) is 11.2. The summed E-state index contributed by atoms with van der Waals surface area (Å²) in [6.45, 7) is 2.41. The van der Waals surface area contributed by atoms with Crippen molar-refractivity contribution in [1.82, 2.24) is 24.6 Å². The van der Waals surface area contributed by atoms with Crippen LogP contribution in [-0.4, -0.2) is 37.1 Å². The molecule has 0 aliphatic carbocycles. The average Bonchev–Trinajstić information content (AvgIpc) is 3.24. The molecule has 0 bridgehead atoms. The molecule has 0 spiro atoms. The van der Waals surface area contributed by atoms with Gasteiger partial charge in [-0.05, 0) is 25.5 Å². The Kier molecular flexibility index (Phi) is 2.87. The van der Waals surface area contributed by atoms with Crippen LogP contribution in [0.2, 0.25) is 0 Å². The maximum absolute atomic E-state index is 12.3. The third-order valence-corrected chi connectivity index (χ3v) is 3.96. The van der Waals surface area contributed by atoms with Crippen LogP contribution in [0.4, 0.5) is 5.69 Å². The van der Waals surface area contributed by atoms with Crippen molar-refractivity contribution >= 4 is 17.1 Å². The Balaban J connectivity index is 1.81. The van der Waals surface area contributed by atoms with E-state index in [2.05, 4.69) is 21.4 Å². The maximum Gasteiger partial charge on any atom is 0.244 e. The normalized spacial score (nSPS) is 17.8. The molecule has 1 aliphatic rings. The summed E-state index contributed by atoms with van der Waals surface area (Å²) in [5.41, 5.74) is 3.11. The van der Waals surface area contributed by atoms with Gasteiger partial charge in [0.25, 0.3) is 0 Å². The molecule has 114 valence electrons. The number of carbonyl (C=O) groups is 1. The highest BCUT2D eigenvalue weighted by atomic mass is 16.2. The largest absolute Gasteiger partial charge is 0.309 e. The van der Waals surface area contributed by atoms with Gasteiger partial charge in [-0.1, -0.05) is 0 Å². The van der Waals surface area contributed by atoms with Crippen molar-refractivity contribution in [3.63, 3.8) is 0 Å². The van der Waals surface area contributed by atoms with Crippen molar-refractivity contribution in [2.24, 2.45) is 5.92 Å². The van der Waals surface area contributed by atoms with Crippen molar-refractivity contribution in [3.05, 3.63) is 36.4 Å². The van der Waals surface area contributed by atoms with Crippen molar-refractivity contribution in [2.75, 3.05) is 11.4 Å². The number of aryl methyl sites for hydroxylation is 1. The molecule has 1 aliphatic heterocycles. The molecule has 3 aromatic heterocycles. The van der Waals surface area contributed by atoms with Gasteiger partial charge >= 0.3 is 0 Å². The second-order valence-corrected chi connectivity index (χ2v) is 5.48. The molecule has 1 saturated heterocycles. The van der Waals surface area contributed by atoms with Crippen LogP contribution in [0.5, 0.6) is 0 Å². The first-order valence-corrected chi connectivity index (χ1v) is 7.25. The van der Waals surface area contributed by atoms with Gasteiger partial charge in [-0.2, -0.15) is 20.6 Å². The Labute approximate surface area is 131 Å². The number of hydrogen-bond donors (Lipinski definition) is 0. The minimum absolute atomic E-state index is 0.156. The van der Waals surface area contributed by atoms with Gasteiger partial charge in [0.15, 0.2) is 0 Å². The Hall–Kier alpha value is -3.21. The molecule has 23 heavy (non-hydrogen) atoms. The molecule has 4 heterocycles. The molecule has 1 fully saturated rings. The summed E-state index contributed by atoms with van der Waals surface area (Å²) in [6, 6.07) is 5.73. The van der Waals surface area contributed by atoms with Crippen molar-refractivity contribution < 1.29 is 4.79 Å². The lowest BCUT2D eigenvalue weighted by Gasteiger charge is -2.16. The molecule has 4 rings (SSSR count). The number of carbonyl (C=O) groups excluding carboxylic acids is 1. The van der Waals surface area contributed by atoms with E-state index in [0.717, 1.165) is 22.6 Å². The van der Waals surface area contributed by atoms with Crippen molar-refractivity contribution in [3.8, 4) is 11.8 Å². The first kappa shape index (κ1) is 13.5. The number of anilines is 1. The van der Waals surface area contributed by atoms with Gasteiger partial charge in [0.1, 0.15) is 11.6 Å². The van der Waals surface area contributed by atoms with Crippen LogP contribution in [0.3, 0.4) is 0 Å². The van der Waals surface area contributed by atoms with E-state index in [1.165, 1.54) is 4.80 Å². The summed E-state index contributed by atoms with van der Waals surface area (Å²) in [5.74, 6) is -0.718. The lowest BCUT2D eigenvalue weighted by molar-refractivity contribution is -0.118. The molecule has 0 N–H and O–H groups in total. The summed E-state index contributed by atoms with van der Waals surface area (Å²) < 4.78 is 1.69. The number of hydrogen-bond acceptors (Lipinski definition) is 5. The van der Waals surface area contributed by atoms with Gasteiger partial charge in [0.05, 0.1) is 35.4 Å². The number of fused-ring (bicyclic) bond motifs is 1. The minimum atomic E-state index is -0.562. The molecule has 8 nitrogen and oxygen atoms in total. The van der Waals surface area contributed by atoms with Crippen LogP contribution in [-0.2, 0) is 4.79 Å². The van der Waals surface area contributed by atoms with Crippen LogP contribution in [0.15, 0.2) is 30.7 Å². The molecular formula is C15H13N7O. The molecule has 0 saturated carbocycles. The van der Waals surface area contributed by atoms with Crippen LogP contribution in [0.25, 0.3) is 11.2 Å². The summed E-state index contributed by atoms with van der Waals surface area (Å²) in [5, 5.41) is 21.8. The molecule has 3 aromatic rings. The highest BCUT2D eigenvalue weighted by Crippen LogP contribution is 2.29. The lowest BCUT2D eigenvalue weighted by atomic mass is 10.1. The maximum atomic E-state index is 12.3. The molecule has 1 unspecified atom stereocenters. The van der Waals surface area contributed by atoms with Gasteiger partial charge in [0.2, 0.25) is 5.91 Å².